The normalized spacial score (nSPS) is 24.5. The van der Waals surface area contributed by atoms with Crippen molar-refractivity contribution in [2.75, 3.05) is 7.05 Å². The first-order chi connectivity index (χ1) is 9.47. The van der Waals surface area contributed by atoms with E-state index in [2.05, 4.69) is 0 Å². The van der Waals surface area contributed by atoms with E-state index in [-0.39, 0.29) is 17.4 Å². The second-order valence-electron chi connectivity index (χ2n) is 6.03. The maximum atomic E-state index is 12.2. The molecule has 1 amide bonds. The number of carboxylic acids is 1. The third-order valence-electron chi connectivity index (χ3n) is 4.35. The van der Waals surface area contributed by atoms with Crippen molar-refractivity contribution in [2.45, 2.75) is 32.7 Å². The fourth-order valence-electron chi connectivity index (χ4n) is 2.97. The Morgan fingerprint density at radius 2 is 2.15 bits per heavy atom. The van der Waals surface area contributed by atoms with Gasteiger partial charge in [-0.05, 0) is 44.1 Å². The Hall–Kier alpha value is -1.78. The van der Waals surface area contributed by atoms with Gasteiger partial charge in [0.1, 0.15) is 17.1 Å². The lowest BCUT2D eigenvalue weighted by Gasteiger charge is -2.15. The fraction of sp³-hybridized carbons (Fsp3) is 0.600. The minimum atomic E-state index is -0.998. The van der Waals surface area contributed by atoms with Crippen molar-refractivity contribution >= 4 is 11.9 Å². The molecule has 2 saturated carbocycles. The lowest BCUT2D eigenvalue weighted by Crippen LogP contribution is -2.28. The number of hydrogen-bond donors (Lipinski definition) is 1. The van der Waals surface area contributed by atoms with Gasteiger partial charge in [-0.25, -0.2) is 4.79 Å². The van der Waals surface area contributed by atoms with Gasteiger partial charge in [0.15, 0.2) is 0 Å². The van der Waals surface area contributed by atoms with E-state index in [1.807, 2.05) is 0 Å². The number of carbonyl (C=O) groups is 2. The van der Waals surface area contributed by atoms with Crippen molar-refractivity contribution in [3.8, 4) is 0 Å². The number of hydrogen-bond acceptors (Lipinski definition) is 3. The molecule has 1 aromatic rings. The molecule has 0 radical (unpaired) electrons. The second-order valence-corrected chi connectivity index (χ2v) is 6.03. The zero-order chi connectivity index (χ0) is 14.4. The van der Waals surface area contributed by atoms with Gasteiger partial charge in [0.25, 0.3) is 0 Å². The summed E-state index contributed by atoms with van der Waals surface area (Å²) >= 11 is 0. The summed E-state index contributed by atoms with van der Waals surface area (Å²) in [4.78, 5) is 24.9. The van der Waals surface area contributed by atoms with Gasteiger partial charge in [-0.3, -0.25) is 4.79 Å². The number of carboxylic acid groups (broad SMARTS) is 1. The van der Waals surface area contributed by atoms with Gasteiger partial charge in [-0.2, -0.15) is 0 Å². The molecule has 0 aliphatic heterocycles. The average molecular weight is 277 g/mol. The van der Waals surface area contributed by atoms with Crippen molar-refractivity contribution in [3.63, 3.8) is 0 Å². The van der Waals surface area contributed by atoms with Crippen molar-refractivity contribution in [3.05, 3.63) is 23.2 Å². The monoisotopic (exact) mass is 277 g/mol. The molecular weight excluding hydrogens is 258 g/mol. The Kier molecular flexibility index (Phi) is 3.07. The predicted octanol–water partition coefficient (Wildman–Crippen LogP) is 2.29. The summed E-state index contributed by atoms with van der Waals surface area (Å²) in [7, 11) is 1.75. The van der Waals surface area contributed by atoms with Crippen LogP contribution in [0.2, 0.25) is 0 Å². The molecule has 3 rings (SSSR count). The third kappa shape index (κ3) is 2.44. The Morgan fingerprint density at radius 3 is 2.70 bits per heavy atom. The molecule has 1 heterocycles. The highest BCUT2D eigenvalue weighted by Gasteiger charge is 2.51. The minimum Gasteiger partial charge on any atom is -0.478 e. The summed E-state index contributed by atoms with van der Waals surface area (Å²) in [5.41, 5.74) is 0.170. The van der Waals surface area contributed by atoms with Crippen molar-refractivity contribution in [2.24, 2.45) is 17.8 Å². The number of carbonyl (C=O) groups excluding carboxylic acids is 1. The van der Waals surface area contributed by atoms with E-state index in [0.29, 0.717) is 24.0 Å². The molecule has 5 heteroatoms. The first kappa shape index (κ1) is 13.2. The Balaban J connectivity index is 1.61. The Bertz CT molecular complexity index is 558. The van der Waals surface area contributed by atoms with Crippen LogP contribution in [0.3, 0.4) is 0 Å². The molecule has 2 aliphatic carbocycles. The average Bonchev–Trinajstić information content (AvgIpc) is 3.24. The van der Waals surface area contributed by atoms with E-state index in [4.69, 9.17) is 9.52 Å². The molecular formula is C15H19NO4. The summed E-state index contributed by atoms with van der Waals surface area (Å²) in [6.07, 6.45) is 3.57. The molecule has 0 spiro atoms. The smallest absolute Gasteiger partial charge is 0.339 e. The molecule has 108 valence electrons. The highest BCUT2D eigenvalue weighted by atomic mass is 16.4. The van der Waals surface area contributed by atoms with Gasteiger partial charge < -0.3 is 14.4 Å². The summed E-state index contributed by atoms with van der Waals surface area (Å²) in [5, 5.41) is 8.98. The van der Waals surface area contributed by atoms with Gasteiger partial charge in [-0.1, -0.05) is 0 Å². The molecule has 5 nitrogen and oxygen atoms in total. The van der Waals surface area contributed by atoms with Crippen molar-refractivity contribution < 1.29 is 19.1 Å². The maximum absolute atomic E-state index is 12.2. The number of aryl methyl sites for hydroxylation is 1. The zero-order valence-electron chi connectivity index (χ0n) is 11.8. The van der Waals surface area contributed by atoms with Crippen molar-refractivity contribution in [1.29, 1.82) is 0 Å². The van der Waals surface area contributed by atoms with Crippen molar-refractivity contribution in [1.82, 2.24) is 4.90 Å². The summed E-state index contributed by atoms with van der Waals surface area (Å²) in [6, 6.07) is 1.51. The van der Waals surface area contributed by atoms with E-state index >= 15 is 0 Å². The number of rotatable bonds is 5. The van der Waals surface area contributed by atoms with Crippen LogP contribution in [0.4, 0.5) is 0 Å². The number of aromatic carboxylic acids is 1. The summed E-state index contributed by atoms with van der Waals surface area (Å²) in [6.45, 7) is 1.96. The second kappa shape index (κ2) is 4.65. The van der Waals surface area contributed by atoms with Crippen LogP contribution < -0.4 is 0 Å². The quantitative estimate of drug-likeness (QED) is 0.896. The molecule has 0 bridgehead atoms. The first-order valence-corrected chi connectivity index (χ1v) is 7.05. The van der Waals surface area contributed by atoms with Crippen LogP contribution in [0.25, 0.3) is 0 Å². The molecule has 2 unspecified atom stereocenters. The largest absolute Gasteiger partial charge is 0.478 e. The van der Waals surface area contributed by atoms with Crippen LogP contribution in [-0.2, 0) is 11.3 Å². The minimum absolute atomic E-state index is 0.160. The van der Waals surface area contributed by atoms with E-state index in [1.165, 1.54) is 18.9 Å². The van der Waals surface area contributed by atoms with Crippen LogP contribution in [-0.4, -0.2) is 28.9 Å². The standard InChI is InChI=1S/C15H19NO4/c1-8-11(15(18)19)5-10(20-8)7-16(2)14(17)13-6-12(13)9-3-4-9/h5,9,12-13H,3-4,6-7H2,1-2H3,(H,18,19). The highest BCUT2D eigenvalue weighted by Crippen LogP contribution is 2.54. The molecule has 2 fully saturated rings. The number of furan rings is 1. The van der Waals surface area contributed by atoms with Gasteiger partial charge in [0.05, 0.1) is 6.54 Å². The van der Waals surface area contributed by atoms with E-state index in [1.54, 1.807) is 18.9 Å². The molecule has 20 heavy (non-hydrogen) atoms. The Labute approximate surface area is 117 Å². The fourth-order valence-corrected chi connectivity index (χ4v) is 2.97. The predicted molar refractivity (Wildman–Crippen MR) is 71.2 cm³/mol. The highest BCUT2D eigenvalue weighted by molar-refractivity contribution is 5.88. The molecule has 2 atom stereocenters. The van der Waals surface area contributed by atoms with Crippen LogP contribution in [0.15, 0.2) is 10.5 Å². The summed E-state index contributed by atoms with van der Waals surface area (Å²) < 4.78 is 5.41. The third-order valence-corrected chi connectivity index (χ3v) is 4.35. The van der Waals surface area contributed by atoms with Gasteiger partial charge in [-0.15, -0.1) is 0 Å². The number of nitrogens with zero attached hydrogens (tertiary/aromatic N) is 1. The van der Waals surface area contributed by atoms with Crippen LogP contribution in [0, 0.1) is 24.7 Å². The SMILES string of the molecule is Cc1oc(CN(C)C(=O)C2CC2C2CC2)cc1C(=O)O. The lowest BCUT2D eigenvalue weighted by molar-refractivity contribution is -0.132. The maximum Gasteiger partial charge on any atom is 0.339 e. The van der Waals surface area contributed by atoms with E-state index in [9.17, 15) is 9.59 Å². The van der Waals surface area contributed by atoms with Crippen LogP contribution >= 0.6 is 0 Å². The molecule has 1 N–H and O–H groups in total. The van der Waals surface area contributed by atoms with Gasteiger partial charge >= 0.3 is 5.97 Å². The molecule has 0 aromatic carbocycles. The number of amides is 1. The topological polar surface area (TPSA) is 70.8 Å². The first-order valence-electron chi connectivity index (χ1n) is 7.05. The van der Waals surface area contributed by atoms with Crippen LogP contribution in [0.5, 0.6) is 0 Å². The molecule has 0 saturated heterocycles. The summed E-state index contributed by atoms with van der Waals surface area (Å²) in [5.74, 6) is 1.63. The van der Waals surface area contributed by atoms with E-state index < -0.39 is 5.97 Å². The molecule has 1 aromatic heterocycles. The molecule has 2 aliphatic rings. The Morgan fingerprint density at radius 1 is 1.45 bits per heavy atom. The zero-order valence-corrected chi connectivity index (χ0v) is 11.8. The van der Waals surface area contributed by atoms with Gasteiger partial charge in [0.2, 0.25) is 5.91 Å². The van der Waals surface area contributed by atoms with Gasteiger partial charge in [0, 0.05) is 13.0 Å². The van der Waals surface area contributed by atoms with Crippen LogP contribution in [0.1, 0.15) is 41.1 Å². The lowest BCUT2D eigenvalue weighted by atomic mass is 10.2. The van der Waals surface area contributed by atoms with E-state index in [0.717, 1.165) is 12.3 Å².